The summed E-state index contributed by atoms with van der Waals surface area (Å²) in [5.41, 5.74) is 5.96. The number of hydrogen-bond donors (Lipinski definition) is 0. The SMILES string of the molecule is CC(C)CCCC(C)C1CCC2C3CC=C4CC(OC(=O)CCc5ccc(/C=C/C=C/C=C\c6ccccc6)cc5)CCC4(C)C3CCC12C. The van der Waals surface area contributed by atoms with Crippen LogP contribution in [0, 0.1) is 46.3 Å². The lowest BCUT2D eigenvalue weighted by atomic mass is 9.47. The van der Waals surface area contributed by atoms with Crippen molar-refractivity contribution in [2.24, 2.45) is 46.3 Å². The van der Waals surface area contributed by atoms with Crippen LogP contribution in [-0.4, -0.2) is 12.1 Å². The van der Waals surface area contributed by atoms with Gasteiger partial charge in [-0.15, -0.1) is 0 Å². The fourth-order valence-corrected chi connectivity index (χ4v) is 11.1. The molecular formula is C48H64O2. The van der Waals surface area contributed by atoms with Crippen molar-refractivity contribution in [2.75, 3.05) is 0 Å². The Balaban J connectivity index is 0.959. The normalized spacial score (nSPS) is 31.5. The summed E-state index contributed by atoms with van der Waals surface area (Å²) in [6.07, 6.45) is 30.5. The van der Waals surface area contributed by atoms with Crippen LogP contribution in [0.3, 0.4) is 0 Å². The number of benzene rings is 2. The summed E-state index contributed by atoms with van der Waals surface area (Å²) in [7, 11) is 0. The van der Waals surface area contributed by atoms with E-state index in [1.807, 2.05) is 30.4 Å². The molecule has 50 heavy (non-hydrogen) atoms. The number of hydrogen-bond acceptors (Lipinski definition) is 2. The summed E-state index contributed by atoms with van der Waals surface area (Å²) in [5, 5.41) is 0. The highest BCUT2D eigenvalue weighted by Crippen LogP contribution is 2.67. The van der Waals surface area contributed by atoms with Crippen LogP contribution in [0.4, 0.5) is 0 Å². The first-order chi connectivity index (χ1) is 24.2. The van der Waals surface area contributed by atoms with E-state index in [0.29, 0.717) is 17.3 Å². The highest BCUT2D eigenvalue weighted by molar-refractivity contribution is 5.70. The van der Waals surface area contributed by atoms with Crippen LogP contribution in [-0.2, 0) is 16.0 Å². The van der Waals surface area contributed by atoms with Crippen molar-refractivity contribution in [1.29, 1.82) is 0 Å². The van der Waals surface area contributed by atoms with Gasteiger partial charge in [0.25, 0.3) is 0 Å². The minimum Gasteiger partial charge on any atom is -0.462 e. The highest BCUT2D eigenvalue weighted by atomic mass is 16.5. The standard InChI is InChI=1S/C48H64O2/c1-35(2)14-13-15-36(3)43-27-28-44-42-26-25-40-34-41(30-32-47(40,4)45(42)31-33-48(43,44)5)50-46(49)29-24-39-22-20-38(21-23-39)19-10-7-6-9-16-37-17-11-8-12-18-37/h6-12,16-23,25,35-36,41-45H,13-15,24,26-34H2,1-5H3/b7-6+,16-9-,19-10+. The van der Waals surface area contributed by atoms with Crippen molar-refractivity contribution in [3.8, 4) is 0 Å². The van der Waals surface area contributed by atoms with Crippen molar-refractivity contribution in [3.63, 3.8) is 0 Å². The maximum absolute atomic E-state index is 13.0. The number of allylic oxidation sites excluding steroid dienone is 5. The summed E-state index contributed by atoms with van der Waals surface area (Å²) in [6.45, 7) is 12.6. The predicted octanol–water partition coefficient (Wildman–Crippen LogP) is 12.9. The summed E-state index contributed by atoms with van der Waals surface area (Å²) in [4.78, 5) is 13.0. The molecule has 0 radical (unpaired) electrons. The molecule has 0 aliphatic heterocycles. The van der Waals surface area contributed by atoms with E-state index in [-0.39, 0.29) is 12.1 Å². The minimum atomic E-state index is -0.0431. The maximum Gasteiger partial charge on any atom is 0.306 e. The summed E-state index contributed by atoms with van der Waals surface area (Å²) in [6, 6.07) is 18.8. The summed E-state index contributed by atoms with van der Waals surface area (Å²) in [5.74, 6) is 5.08. The molecule has 2 nitrogen and oxygen atoms in total. The molecule has 0 bridgehead atoms. The van der Waals surface area contributed by atoms with Gasteiger partial charge >= 0.3 is 5.97 Å². The van der Waals surface area contributed by atoms with E-state index in [1.165, 1.54) is 68.9 Å². The third-order valence-electron chi connectivity index (χ3n) is 13.9. The third-order valence-corrected chi connectivity index (χ3v) is 13.9. The number of rotatable bonds is 13. The minimum absolute atomic E-state index is 0.0397. The largest absolute Gasteiger partial charge is 0.462 e. The predicted molar refractivity (Wildman–Crippen MR) is 211 cm³/mol. The number of carbonyl (C=O) groups excluding carboxylic acids is 1. The van der Waals surface area contributed by atoms with Crippen molar-refractivity contribution in [3.05, 3.63) is 107 Å². The van der Waals surface area contributed by atoms with Gasteiger partial charge in [-0.05, 0) is 114 Å². The van der Waals surface area contributed by atoms with Gasteiger partial charge in [0.2, 0.25) is 0 Å². The van der Waals surface area contributed by atoms with Crippen molar-refractivity contribution >= 4 is 18.1 Å². The van der Waals surface area contributed by atoms with E-state index >= 15 is 0 Å². The van der Waals surface area contributed by atoms with Gasteiger partial charge in [-0.2, -0.15) is 0 Å². The first-order valence-corrected chi connectivity index (χ1v) is 20.2. The molecule has 4 aliphatic carbocycles. The number of esters is 1. The second kappa shape index (κ2) is 16.5. The van der Waals surface area contributed by atoms with Gasteiger partial charge in [0, 0.05) is 12.8 Å². The van der Waals surface area contributed by atoms with Crippen LogP contribution in [0.2, 0.25) is 0 Å². The lowest BCUT2D eigenvalue weighted by Crippen LogP contribution is -2.51. The number of aryl methyl sites for hydroxylation is 1. The molecule has 8 atom stereocenters. The molecule has 268 valence electrons. The van der Waals surface area contributed by atoms with Crippen LogP contribution < -0.4 is 0 Å². The van der Waals surface area contributed by atoms with Gasteiger partial charge < -0.3 is 4.74 Å². The molecular weight excluding hydrogens is 609 g/mol. The Hall–Kier alpha value is -3.13. The first-order valence-electron chi connectivity index (χ1n) is 20.2. The Bertz CT molecular complexity index is 1530. The van der Waals surface area contributed by atoms with Gasteiger partial charge in [0.1, 0.15) is 6.10 Å². The molecule has 2 aromatic rings. The van der Waals surface area contributed by atoms with Crippen molar-refractivity contribution in [2.45, 2.75) is 124 Å². The summed E-state index contributed by atoms with van der Waals surface area (Å²) < 4.78 is 6.15. The zero-order valence-corrected chi connectivity index (χ0v) is 31.8. The Labute approximate surface area is 304 Å². The molecule has 3 fully saturated rings. The summed E-state index contributed by atoms with van der Waals surface area (Å²) >= 11 is 0. The van der Waals surface area contributed by atoms with Gasteiger partial charge in [0.15, 0.2) is 0 Å². The van der Waals surface area contributed by atoms with Crippen molar-refractivity contribution in [1.82, 2.24) is 0 Å². The van der Waals surface area contributed by atoms with E-state index in [1.54, 1.807) is 5.57 Å². The zero-order chi connectivity index (χ0) is 35.1. The molecule has 0 N–H and O–H groups in total. The van der Waals surface area contributed by atoms with Gasteiger partial charge in [-0.3, -0.25) is 4.79 Å². The lowest BCUT2D eigenvalue weighted by Gasteiger charge is -2.58. The smallest absolute Gasteiger partial charge is 0.306 e. The average Bonchev–Trinajstić information content (AvgIpc) is 3.47. The molecule has 6 rings (SSSR count). The molecule has 2 aromatic carbocycles. The van der Waals surface area contributed by atoms with Crippen LogP contribution in [0.1, 0.15) is 128 Å². The Morgan fingerprint density at radius 3 is 2.26 bits per heavy atom. The Kier molecular flexibility index (Phi) is 12.1. The Morgan fingerprint density at radius 1 is 0.820 bits per heavy atom. The zero-order valence-electron chi connectivity index (χ0n) is 31.8. The molecule has 0 aromatic heterocycles. The molecule has 0 saturated heterocycles. The second-order valence-corrected chi connectivity index (χ2v) is 17.4. The second-order valence-electron chi connectivity index (χ2n) is 17.4. The molecule has 4 aliphatic rings. The van der Waals surface area contributed by atoms with E-state index in [2.05, 4.69) is 101 Å². The number of carbonyl (C=O) groups is 1. The molecule has 0 amide bonds. The van der Waals surface area contributed by atoms with Crippen LogP contribution in [0.5, 0.6) is 0 Å². The van der Waals surface area contributed by atoms with E-state index in [9.17, 15) is 4.79 Å². The fourth-order valence-electron chi connectivity index (χ4n) is 11.1. The van der Waals surface area contributed by atoms with Crippen molar-refractivity contribution < 1.29 is 9.53 Å². The van der Waals surface area contributed by atoms with Gasteiger partial charge in [-0.1, -0.05) is 157 Å². The highest BCUT2D eigenvalue weighted by Gasteiger charge is 2.59. The quantitative estimate of drug-likeness (QED) is 0.120. The van der Waals surface area contributed by atoms with Crippen LogP contribution in [0.25, 0.3) is 12.2 Å². The number of fused-ring (bicyclic) bond motifs is 5. The monoisotopic (exact) mass is 672 g/mol. The van der Waals surface area contributed by atoms with Gasteiger partial charge in [0.05, 0.1) is 0 Å². The fraction of sp³-hybridized carbons (Fsp3) is 0.562. The molecule has 8 unspecified atom stereocenters. The molecule has 2 heteroatoms. The Morgan fingerprint density at radius 2 is 1.54 bits per heavy atom. The molecule has 0 heterocycles. The third kappa shape index (κ3) is 8.49. The molecule has 0 spiro atoms. The van der Waals surface area contributed by atoms with Crippen LogP contribution in [0.15, 0.2) is 90.6 Å². The lowest BCUT2D eigenvalue weighted by molar-refractivity contribution is -0.151. The van der Waals surface area contributed by atoms with E-state index < -0.39 is 0 Å². The molecule has 3 saturated carbocycles. The number of ether oxygens (including phenoxy) is 1. The first kappa shape index (κ1) is 36.7. The van der Waals surface area contributed by atoms with Crippen LogP contribution >= 0.6 is 0 Å². The maximum atomic E-state index is 13.0. The topological polar surface area (TPSA) is 26.3 Å². The van der Waals surface area contributed by atoms with E-state index in [0.717, 1.165) is 60.3 Å². The van der Waals surface area contributed by atoms with Gasteiger partial charge in [-0.25, -0.2) is 0 Å². The average molecular weight is 673 g/mol. The van der Waals surface area contributed by atoms with E-state index in [4.69, 9.17) is 4.74 Å².